The molecular weight excluding hydrogens is 265 g/mol. The smallest absolute Gasteiger partial charge is 0.258 e. The highest BCUT2D eigenvalue weighted by Gasteiger charge is 2.44. The van der Waals surface area contributed by atoms with E-state index in [1.165, 1.54) is 0 Å². The predicted octanol–water partition coefficient (Wildman–Crippen LogP) is 2.38. The van der Waals surface area contributed by atoms with Crippen LogP contribution < -0.4 is 0 Å². The molecule has 0 atom stereocenters. The van der Waals surface area contributed by atoms with Gasteiger partial charge in [0.05, 0.1) is 24.0 Å². The highest BCUT2D eigenvalue weighted by molar-refractivity contribution is 6.31. The average molecular weight is 269 g/mol. The molecule has 6 nitrogen and oxygen atoms in total. The number of hydrogen-bond donors (Lipinski definition) is 0. The fraction of sp³-hybridized carbons (Fsp3) is 0.429. The molecule has 92 valence electrons. The first-order valence-corrected chi connectivity index (χ1v) is 4.51. The molecule has 0 spiro atoms. The molecule has 0 amide bonds. The molecule has 0 N–H and O–H groups in total. The van der Waals surface area contributed by atoms with Crippen LogP contribution >= 0.6 is 11.6 Å². The lowest BCUT2D eigenvalue weighted by atomic mass is 10.4. The van der Waals surface area contributed by atoms with Crippen molar-refractivity contribution in [1.82, 2.24) is 9.78 Å². The van der Waals surface area contributed by atoms with Gasteiger partial charge in [-0.3, -0.25) is 10.1 Å². The minimum absolute atomic E-state index is 0.157. The highest BCUT2D eigenvalue weighted by Crippen LogP contribution is 2.39. The van der Waals surface area contributed by atoms with Gasteiger partial charge in [-0.05, 0) is 0 Å². The third-order valence-corrected chi connectivity index (χ3v) is 2.13. The molecule has 10 heteroatoms. The van der Waals surface area contributed by atoms with Crippen LogP contribution in [0.15, 0.2) is 0 Å². The standard InChI is InChI=1S/C7H4ClF3N4O2/c8-6-4(15(16)17)5(7(9,10)11)13-14(6)3-1-2-12/h1,3H2. The molecule has 0 fully saturated rings. The Bertz CT molecular complexity index is 491. The van der Waals surface area contributed by atoms with E-state index in [9.17, 15) is 23.3 Å². The molecule has 0 saturated heterocycles. The lowest BCUT2D eigenvalue weighted by molar-refractivity contribution is -0.388. The molecule has 0 aliphatic carbocycles. The monoisotopic (exact) mass is 268 g/mol. The zero-order chi connectivity index (χ0) is 13.2. The van der Waals surface area contributed by atoms with E-state index < -0.39 is 27.6 Å². The zero-order valence-electron chi connectivity index (χ0n) is 8.03. The van der Waals surface area contributed by atoms with Gasteiger partial charge in [0, 0.05) is 0 Å². The van der Waals surface area contributed by atoms with Crippen LogP contribution in [0.1, 0.15) is 12.1 Å². The van der Waals surface area contributed by atoms with Crippen LogP contribution in [0.25, 0.3) is 0 Å². The normalized spacial score (nSPS) is 11.2. The first kappa shape index (κ1) is 13.2. The maximum Gasteiger partial charge on any atom is 0.442 e. The van der Waals surface area contributed by atoms with Crippen LogP contribution in [-0.2, 0) is 12.7 Å². The van der Waals surface area contributed by atoms with Crippen LogP contribution in [-0.4, -0.2) is 14.7 Å². The molecule has 0 bridgehead atoms. The van der Waals surface area contributed by atoms with Gasteiger partial charge in [-0.25, -0.2) is 4.68 Å². The van der Waals surface area contributed by atoms with E-state index in [4.69, 9.17) is 16.9 Å². The molecule has 17 heavy (non-hydrogen) atoms. The first-order chi connectivity index (χ1) is 7.79. The number of nitro groups is 1. The molecule has 0 aliphatic rings. The number of halogens is 4. The molecule has 0 unspecified atom stereocenters. The molecule has 1 aromatic rings. The summed E-state index contributed by atoms with van der Waals surface area (Å²) in [5.74, 6) is 0. The maximum absolute atomic E-state index is 12.4. The molecule has 1 rings (SSSR count). The van der Waals surface area contributed by atoms with Gasteiger partial charge in [-0.2, -0.15) is 23.5 Å². The van der Waals surface area contributed by atoms with Crippen molar-refractivity contribution in [1.29, 1.82) is 5.26 Å². The number of hydrogen-bond acceptors (Lipinski definition) is 4. The molecule has 0 saturated carbocycles. The van der Waals surface area contributed by atoms with E-state index in [0.717, 1.165) is 0 Å². The van der Waals surface area contributed by atoms with Crippen molar-refractivity contribution in [2.24, 2.45) is 0 Å². The van der Waals surface area contributed by atoms with E-state index in [0.29, 0.717) is 4.68 Å². The summed E-state index contributed by atoms with van der Waals surface area (Å²) in [5.41, 5.74) is -2.96. The molecule has 0 aromatic carbocycles. The van der Waals surface area contributed by atoms with Crippen LogP contribution in [0, 0.1) is 21.4 Å². The largest absolute Gasteiger partial charge is 0.442 e. The van der Waals surface area contributed by atoms with Gasteiger partial charge < -0.3 is 0 Å². The number of aromatic nitrogens is 2. The number of aryl methyl sites for hydroxylation is 1. The van der Waals surface area contributed by atoms with Gasteiger partial charge in [-0.1, -0.05) is 11.6 Å². The van der Waals surface area contributed by atoms with Crippen molar-refractivity contribution < 1.29 is 18.1 Å². The number of rotatable bonds is 3. The Kier molecular flexibility index (Phi) is 3.57. The fourth-order valence-corrected chi connectivity index (χ4v) is 1.37. The summed E-state index contributed by atoms with van der Waals surface area (Å²) in [6, 6.07) is 1.67. The van der Waals surface area contributed by atoms with E-state index >= 15 is 0 Å². The van der Waals surface area contributed by atoms with Gasteiger partial charge in [-0.15, -0.1) is 0 Å². The second-order valence-electron chi connectivity index (χ2n) is 2.87. The molecule has 1 heterocycles. The second-order valence-corrected chi connectivity index (χ2v) is 3.23. The first-order valence-electron chi connectivity index (χ1n) is 4.14. The molecule has 0 radical (unpaired) electrons. The number of nitrogens with zero attached hydrogens (tertiary/aromatic N) is 4. The van der Waals surface area contributed by atoms with Gasteiger partial charge in [0.1, 0.15) is 0 Å². The Morgan fingerprint density at radius 2 is 2.18 bits per heavy atom. The highest BCUT2D eigenvalue weighted by atomic mass is 35.5. The number of nitriles is 1. The Labute approximate surface area is 97.3 Å². The zero-order valence-corrected chi connectivity index (χ0v) is 8.79. The van der Waals surface area contributed by atoms with Crippen LogP contribution in [0.4, 0.5) is 18.9 Å². The van der Waals surface area contributed by atoms with Crippen molar-refractivity contribution in [3.05, 3.63) is 21.0 Å². The summed E-state index contributed by atoms with van der Waals surface area (Å²) in [4.78, 5) is 9.23. The Morgan fingerprint density at radius 3 is 2.53 bits per heavy atom. The summed E-state index contributed by atoms with van der Waals surface area (Å²) < 4.78 is 37.8. The predicted molar refractivity (Wildman–Crippen MR) is 49.1 cm³/mol. The Morgan fingerprint density at radius 1 is 1.59 bits per heavy atom. The summed E-state index contributed by atoms with van der Waals surface area (Å²) in [5, 5.41) is 21.0. The lowest BCUT2D eigenvalue weighted by Gasteiger charge is -2.00. The van der Waals surface area contributed by atoms with E-state index in [1.54, 1.807) is 6.07 Å². The summed E-state index contributed by atoms with van der Waals surface area (Å²) in [7, 11) is 0. The van der Waals surface area contributed by atoms with Crippen LogP contribution in [0.2, 0.25) is 5.15 Å². The minimum Gasteiger partial charge on any atom is -0.258 e. The van der Waals surface area contributed by atoms with E-state index in [2.05, 4.69) is 5.10 Å². The fourth-order valence-electron chi connectivity index (χ4n) is 1.09. The van der Waals surface area contributed by atoms with Gasteiger partial charge in [0.2, 0.25) is 10.8 Å². The minimum atomic E-state index is -4.97. The quantitative estimate of drug-likeness (QED) is 0.622. The molecule has 0 aliphatic heterocycles. The Balaban J connectivity index is 3.31. The van der Waals surface area contributed by atoms with Crippen LogP contribution in [0.3, 0.4) is 0 Å². The summed E-state index contributed by atoms with van der Waals surface area (Å²) in [6.45, 7) is -0.244. The van der Waals surface area contributed by atoms with Crippen molar-refractivity contribution in [2.45, 2.75) is 19.1 Å². The van der Waals surface area contributed by atoms with E-state index in [1.807, 2.05) is 0 Å². The van der Waals surface area contributed by atoms with Crippen LogP contribution in [0.5, 0.6) is 0 Å². The maximum atomic E-state index is 12.4. The summed E-state index contributed by atoms with van der Waals surface area (Å²) >= 11 is 5.42. The van der Waals surface area contributed by atoms with Crippen molar-refractivity contribution in [3.8, 4) is 6.07 Å². The van der Waals surface area contributed by atoms with Gasteiger partial charge in [0.15, 0.2) is 0 Å². The Hall–Kier alpha value is -1.82. The van der Waals surface area contributed by atoms with Crippen molar-refractivity contribution >= 4 is 17.3 Å². The SMILES string of the molecule is N#CCCn1nc(C(F)(F)F)c([N+](=O)[O-])c1Cl. The summed E-state index contributed by atoms with van der Waals surface area (Å²) in [6.07, 6.45) is -5.13. The third kappa shape index (κ3) is 2.65. The lowest BCUT2D eigenvalue weighted by Crippen LogP contribution is -2.09. The van der Waals surface area contributed by atoms with E-state index in [-0.39, 0.29) is 13.0 Å². The van der Waals surface area contributed by atoms with Gasteiger partial charge in [0.25, 0.3) is 0 Å². The van der Waals surface area contributed by atoms with Crippen molar-refractivity contribution in [2.75, 3.05) is 0 Å². The third-order valence-electron chi connectivity index (χ3n) is 1.75. The van der Waals surface area contributed by atoms with Gasteiger partial charge >= 0.3 is 11.9 Å². The molecular formula is C7H4ClF3N4O2. The van der Waals surface area contributed by atoms with Crippen molar-refractivity contribution in [3.63, 3.8) is 0 Å². The average Bonchev–Trinajstić information content (AvgIpc) is 2.52. The molecule has 1 aromatic heterocycles. The second kappa shape index (κ2) is 4.58. The topological polar surface area (TPSA) is 84.8 Å². The number of alkyl halides is 3.